The molecule has 0 spiro atoms. The van der Waals surface area contributed by atoms with Crippen molar-refractivity contribution in [2.24, 2.45) is 35.5 Å². The summed E-state index contributed by atoms with van der Waals surface area (Å²) in [5.74, 6) is -2.74. The highest BCUT2D eigenvalue weighted by molar-refractivity contribution is 5.99. The average molecular weight is 811 g/mol. The Morgan fingerprint density at radius 3 is 1.64 bits per heavy atom. The molecule has 312 valence electrons. The molecular weight excluding hydrogens is 761 g/mol. The fourth-order valence-corrected chi connectivity index (χ4v) is 7.42. The van der Waals surface area contributed by atoms with E-state index >= 15 is 0 Å². The molecule has 0 radical (unpaired) electrons. The lowest BCUT2D eigenvalue weighted by Gasteiger charge is -2.28. The van der Waals surface area contributed by atoms with Crippen LogP contribution in [0.4, 0.5) is 0 Å². The van der Waals surface area contributed by atoms with Gasteiger partial charge in [0.05, 0.1) is 41.0 Å². The zero-order chi connectivity index (χ0) is 42.9. The van der Waals surface area contributed by atoms with Crippen molar-refractivity contribution < 1.29 is 33.8 Å². The number of aryl methyl sites for hydroxylation is 6. The van der Waals surface area contributed by atoms with E-state index in [0.29, 0.717) is 46.7 Å². The molecule has 0 unspecified atom stereocenters. The number of rotatable bonds is 15. The number of carbonyl (C=O) groups excluding carboxylic acids is 4. The summed E-state index contributed by atoms with van der Waals surface area (Å²) in [6.45, 7) is 12.5. The summed E-state index contributed by atoms with van der Waals surface area (Å²) < 4.78 is 22.8. The van der Waals surface area contributed by atoms with Crippen molar-refractivity contribution in [2.45, 2.75) is 79.9 Å². The second-order valence-electron chi connectivity index (χ2n) is 14.0. The molecule has 4 amide bonds. The van der Waals surface area contributed by atoms with Crippen LogP contribution in [0.2, 0.25) is 0 Å². The fraction of sp³-hybridized carbons (Fsp3) is 0.400. The van der Waals surface area contributed by atoms with Crippen LogP contribution in [0.1, 0.15) is 80.8 Å². The third-order valence-corrected chi connectivity index (χ3v) is 10.1. The molecule has 0 saturated carbocycles. The number of benzene rings is 2. The summed E-state index contributed by atoms with van der Waals surface area (Å²) in [6, 6.07) is 11.1. The van der Waals surface area contributed by atoms with Crippen LogP contribution in [0, 0.1) is 13.8 Å². The number of nitrogens with zero attached hydrogens (tertiary/aromatic N) is 10. The lowest BCUT2D eigenvalue weighted by atomic mass is 10.1. The van der Waals surface area contributed by atoms with Gasteiger partial charge in [-0.1, -0.05) is 0 Å². The molecule has 0 fully saturated rings. The second kappa shape index (κ2) is 17.1. The third-order valence-electron chi connectivity index (χ3n) is 10.1. The van der Waals surface area contributed by atoms with Gasteiger partial charge in [-0.25, -0.2) is 0 Å². The first kappa shape index (κ1) is 42.0. The van der Waals surface area contributed by atoms with Gasteiger partial charge >= 0.3 is 0 Å². The van der Waals surface area contributed by atoms with Crippen molar-refractivity contribution >= 4 is 45.7 Å². The average Bonchev–Trinajstić information content (AvgIpc) is 3.92. The number of amides is 4. The molecule has 0 saturated heterocycles. The topological polar surface area (TPSA) is 239 Å². The van der Waals surface area contributed by atoms with Crippen molar-refractivity contribution in [2.75, 3.05) is 13.2 Å². The van der Waals surface area contributed by atoms with Crippen LogP contribution in [0.5, 0.6) is 5.75 Å². The molecule has 4 aromatic heterocycles. The summed E-state index contributed by atoms with van der Waals surface area (Å²) in [7, 11) is 3.40. The highest BCUT2D eigenvalue weighted by Crippen LogP contribution is 2.27. The minimum absolute atomic E-state index is 0.00494. The quantitative estimate of drug-likeness (QED) is 0.138. The highest BCUT2D eigenvalue weighted by atomic mass is 16.5. The number of aromatic hydroxyl groups is 1. The van der Waals surface area contributed by atoms with E-state index in [1.807, 2.05) is 32.3 Å². The Balaban J connectivity index is 1.54. The van der Waals surface area contributed by atoms with Gasteiger partial charge in [0.1, 0.15) is 34.9 Å². The largest absolute Gasteiger partial charge is 0.506 e. The van der Waals surface area contributed by atoms with Gasteiger partial charge in [0.2, 0.25) is 23.1 Å². The molecule has 0 aliphatic heterocycles. The number of hydrogen-bond donors (Lipinski definition) is 3. The van der Waals surface area contributed by atoms with Gasteiger partial charge in [-0.2, -0.15) is 20.2 Å². The first-order chi connectivity index (χ1) is 28.1. The molecule has 59 heavy (non-hydrogen) atoms. The van der Waals surface area contributed by atoms with E-state index in [4.69, 9.17) is 20.9 Å². The summed E-state index contributed by atoms with van der Waals surface area (Å²) >= 11 is 0. The van der Waals surface area contributed by atoms with Gasteiger partial charge in [-0.05, 0) is 84.0 Å². The van der Waals surface area contributed by atoms with E-state index < -0.39 is 35.8 Å². The number of fused-ring (bicyclic) bond motifs is 2. The van der Waals surface area contributed by atoms with Crippen LogP contribution in [0.25, 0.3) is 22.1 Å². The van der Waals surface area contributed by atoms with Crippen LogP contribution in [0.15, 0.2) is 52.4 Å². The number of imidazole rings is 2. The zero-order valence-electron chi connectivity index (χ0n) is 34.5. The Morgan fingerprint density at radius 2 is 1.15 bits per heavy atom. The highest BCUT2D eigenvalue weighted by Gasteiger charge is 2.29. The number of hydrogen-bond acceptors (Lipinski definition) is 9. The van der Waals surface area contributed by atoms with E-state index in [0.717, 1.165) is 0 Å². The van der Waals surface area contributed by atoms with Gasteiger partial charge in [-0.15, -0.1) is 0 Å². The van der Waals surface area contributed by atoms with Crippen LogP contribution >= 0.6 is 0 Å². The molecule has 6 aromatic rings. The lowest BCUT2D eigenvalue weighted by Crippen LogP contribution is -2.43. The smallest absolute Gasteiger partial charge is 0.298 e. The van der Waals surface area contributed by atoms with Crippen molar-refractivity contribution in [3.05, 3.63) is 87.6 Å². The monoisotopic (exact) mass is 810 g/mol. The minimum Gasteiger partial charge on any atom is -0.506 e. The molecule has 0 aliphatic carbocycles. The number of aromatic nitrogens is 8. The minimum atomic E-state index is -0.779. The third kappa shape index (κ3) is 8.11. The summed E-state index contributed by atoms with van der Waals surface area (Å²) in [5, 5.41) is 20.3. The molecular formula is C40H50N12O7. The Bertz CT molecular complexity index is 2760. The van der Waals surface area contributed by atoms with Gasteiger partial charge in [0.25, 0.3) is 11.8 Å². The Morgan fingerprint density at radius 1 is 0.678 bits per heavy atom. The molecule has 5 N–H and O–H groups in total. The number of ether oxygens (including phenoxy) is 2. The maximum Gasteiger partial charge on any atom is 0.298 e. The van der Waals surface area contributed by atoms with Crippen LogP contribution in [0.3, 0.4) is 0 Å². The van der Waals surface area contributed by atoms with E-state index in [1.165, 1.54) is 12.1 Å². The second-order valence-corrected chi connectivity index (χ2v) is 14.0. The van der Waals surface area contributed by atoms with Crippen molar-refractivity contribution in [1.82, 2.24) is 37.8 Å². The molecule has 0 bridgehead atoms. The van der Waals surface area contributed by atoms with E-state index in [2.05, 4.69) is 20.2 Å². The zero-order valence-corrected chi connectivity index (χ0v) is 34.5. The number of carbonyl (C=O) groups is 4. The predicted molar refractivity (Wildman–Crippen MR) is 216 cm³/mol. The van der Waals surface area contributed by atoms with E-state index in [9.17, 15) is 24.3 Å². The molecule has 6 rings (SSSR count). The normalized spacial score (nSPS) is 13.5. The van der Waals surface area contributed by atoms with Gasteiger partial charge in [0, 0.05) is 51.5 Å². The Kier molecular flexibility index (Phi) is 12.2. The maximum absolute atomic E-state index is 13.9. The Labute approximate surface area is 338 Å². The SMILES string of the molecule is CCO[C@H](Cn1/c(=N/C(=O)c2cc(C)nn2CC)n(C)c2cc(C(N)=O)ccc21)[C@@H](Cn1/c(=N/C(=O)c2cc(C)nn2CC)n(C)c2cc(C(N)=O)cc(O)c21)OCC. The summed E-state index contributed by atoms with van der Waals surface area (Å²) in [4.78, 5) is 61.5. The van der Waals surface area contributed by atoms with Crippen LogP contribution in [-0.4, -0.2) is 92.0 Å². The summed E-state index contributed by atoms with van der Waals surface area (Å²) in [6.07, 6.45) is -1.53. The molecule has 2 atom stereocenters. The predicted octanol–water partition coefficient (Wildman–Crippen LogP) is 2.22. The van der Waals surface area contributed by atoms with Crippen molar-refractivity contribution in [3.8, 4) is 5.75 Å². The van der Waals surface area contributed by atoms with Gasteiger partial charge < -0.3 is 44.3 Å². The number of phenols is 1. The molecule has 2 aromatic carbocycles. The van der Waals surface area contributed by atoms with E-state index in [-0.39, 0.29) is 65.6 Å². The van der Waals surface area contributed by atoms with Crippen LogP contribution in [-0.2, 0) is 49.7 Å². The molecule has 0 aliphatic rings. The van der Waals surface area contributed by atoms with E-state index in [1.54, 1.807) is 81.3 Å². The Hall–Kier alpha value is -6.60. The summed E-state index contributed by atoms with van der Waals surface area (Å²) in [5.41, 5.74) is 15.8. The first-order valence-corrected chi connectivity index (χ1v) is 19.3. The van der Waals surface area contributed by atoms with Crippen molar-refractivity contribution in [1.29, 1.82) is 0 Å². The fourth-order valence-electron chi connectivity index (χ4n) is 7.42. The van der Waals surface area contributed by atoms with Crippen LogP contribution < -0.4 is 22.7 Å². The van der Waals surface area contributed by atoms with Gasteiger partial charge in [0.15, 0.2) is 0 Å². The molecule has 4 heterocycles. The lowest BCUT2D eigenvalue weighted by molar-refractivity contribution is -0.0800. The number of nitrogens with two attached hydrogens (primary N) is 2. The number of phenolic OH excluding ortho intramolecular Hbond substituents is 1. The van der Waals surface area contributed by atoms with Crippen molar-refractivity contribution in [3.63, 3.8) is 0 Å². The van der Waals surface area contributed by atoms with Gasteiger partial charge in [-0.3, -0.25) is 28.5 Å². The standard InChI is InChI=1S/C40H50N12O7/c1-9-51-29(15-22(5)45-51)37(56)43-39-47(7)27-17-24(35(41)54)13-14-26(27)49(39)20-32(58-11-3)33(59-12-4)21-50-34-28(18-25(36(42)55)19-31(34)53)48(8)40(50)44-38(57)30-16-23(6)46-52(30)10-2/h13-19,32-33,53H,9-12,20-21H2,1-8H3,(H2,41,54)(H2,42,55)/b43-39+,44-40+/t32-,33-/m1/s1. The molecule has 19 heteroatoms. The molecule has 19 nitrogen and oxygen atoms in total. The maximum atomic E-state index is 13.9. The number of primary amides is 2. The first-order valence-electron chi connectivity index (χ1n) is 19.3.